The number of ether oxygens (including phenoxy) is 2. The van der Waals surface area contributed by atoms with Gasteiger partial charge in [-0.2, -0.15) is 0 Å². The van der Waals surface area contributed by atoms with Gasteiger partial charge in [0.1, 0.15) is 0 Å². The summed E-state index contributed by atoms with van der Waals surface area (Å²) in [6.07, 6.45) is 0.946. The van der Waals surface area contributed by atoms with Gasteiger partial charge < -0.3 is 24.8 Å². The Balaban J connectivity index is 2.14. The molecule has 0 radical (unpaired) electrons. The Kier molecular flexibility index (Phi) is 6.95. The molecule has 1 atom stereocenters. The van der Waals surface area contributed by atoms with E-state index in [9.17, 15) is 0 Å². The molecule has 0 saturated carbocycles. The number of benzene rings is 2. The first kappa shape index (κ1) is 18.9. The van der Waals surface area contributed by atoms with Crippen molar-refractivity contribution in [3.63, 3.8) is 0 Å². The monoisotopic (exact) mass is 344 g/mol. The van der Waals surface area contributed by atoms with Gasteiger partial charge in [-0.15, -0.1) is 0 Å². The van der Waals surface area contributed by atoms with Gasteiger partial charge in [-0.3, -0.25) is 0 Å². The van der Waals surface area contributed by atoms with Crippen LogP contribution < -0.4 is 19.7 Å². The number of aliphatic hydroxyl groups is 1. The van der Waals surface area contributed by atoms with Gasteiger partial charge >= 0.3 is 0 Å². The second kappa shape index (κ2) is 9.18. The molecule has 0 spiro atoms. The Morgan fingerprint density at radius 2 is 1.72 bits per heavy atom. The summed E-state index contributed by atoms with van der Waals surface area (Å²) in [5.74, 6) is 1.47. The van der Waals surface area contributed by atoms with Crippen molar-refractivity contribution < 1.29 is 14.6 Å². The lowest BCUT2D eigenvalue weighted by molar-refractivity contribution is 0.304. The van der Waals surface area contributed by atoms with Gasteiger partial charge in [0.15, 0.2) is 11.5 Å². The molecule has 0 amide bonds. The van der Waals surface area contributed by atoms with Crippen LogP contribution in [-0.2, 0) is 0 Å². The van der Waals surface area contributed by atoms with Crippen LogP contribution in [0.4, 0.5) is 11.4 Å². The Morgan fingerprint density at radius 3 is 2.28 bits per heavy atom. The van der Waals surface area contributed by atoms with E-state index in [1.54, 1.807) is 14.2 Å². The van der Waals surface area contributed by atoms with Crippen molar-refractivity contribution in [1.29, 1.82) is 0 Å². The Bertz CT molecular complexity index is 658. The number of aliphatic hydroxyl groups excluding tert-OH is 1. The fourth-order valence-electron chi connectivity index (χ4n) is 2.78. The second-order valence-electron chi connectivity index (χ2n) is 5.91. The number of hydrogen-bond donors (Lipinski definition) is 2. The van der Waals surface area contributed by atoms with Crippen molar-refractivity contribution in [3.05, 3.63) is 48.0 Å². The van der Waals surface area contributed by atoms with Crippen LogP contribution in [0.1, 0.15) is 24.9 Å². The molecule has 0 bridgehead atoms. The van der Waals surface area contributed by atoms with Crippen molar-refractivity contribution in [2.24, 2.45) is 0 Å². The Hall–Kier alpha value is -2.40. The zero-order valence-electron chi connectivity index (χ0n) is 15.5. The molecular formula is C20H28N2O3. The number of methoxy groups -OCH3 is 2. The molecule has 0 aromatic heterocycles. The quantitative estimate of drug-likeness (QED) is 0.726. The largest absolute Gasteiger partial charge is 0.493 e. The standard InChI is InChI=1S/C20H28N2O3/c1-5-18(15-6-11-19(24-3)20(14-15)25-4)21-16-7-9-17(10-8-16)22(2)12-13-23/h6-11,14,18,21,23H,5,12-13H2,1-4H3. The van der Waals surface area contributed by atoms with Gasteiger partial charge in [0.2, 0.25) is 0 Å². The summed E-state index contributed by atoms with van der Waals surface area (Å²) in [7, 11) is 5.26. The molecule has 0 aliphatic carbocycles. The van der Waals surface area contributed by atoms with Crippen molar-refractivity contribution in [3.8, 4) is 11.5 Å². The van der Waals surface area contributed by atoms with E-state index < -0.39 is 0 Å². The molecule has 0 aliphatic rings. The normalized spacial score (nSPS) is 11.7. The topological polar surface area (TPSA) is 54.0 Å². The highest BCUT2D eigenvalue weighted by Gasteiger charge is 2.13. The van der Waals surface area contributed by atoms with E-state index in [1.165, 1.54) is 0 Å². The third-order valence-corrected chi connectivity index (χ3v) is 4.30. The first-order valence-electron chi connectivity index (χ1n) is 8.53. The molecule has 1 unspecified atom stereocenters. The average Bonchev–Trinajstić information content (AvgIpc) is 2.66. The highest BCUT2D eigenvalue weighted by atomic mass is 16.5. The zero-order valence-corrected chi connectivity index (χ0v) is 15.5. The van der Waals surface area contributed by atoms with Crippen LogP contribution in [0.15, 0.2) is 42.5 Å². The minimum Gasteiger partial charge on any atom is -0.493 e. The molecule has 2 aromatic carbocycles. The van der Waals surface area contributed by atoms with Gasteiger partial charge in [-0.25, -0.2) is 0 Å². The first-order chi connectivity index (χ1) is 12.1. The van der Waals surface area contributed by atoms with Crippen LogP contribution in [0.25, 0.3) is 0 Å². The van der Waals surface area contributed by atoms with Crippen LogP contribution in [0.5, 0.6) is 11.5 Å². The molecular weight excluding hydrogens is 316 g/mol. The number of nitrogens with zero attached hydrogens (tertiary/aromatic N) is 1. The summed E-state index contributed by atoms with van der Waals surface area (Å²) in [4.78, 5) is 2.02. The average molecular weight is 344 g/mol. The van der Waals surface area contributed by atoms with E-state index in [-0.39, 0.29) is 12.6 Å². The summed E-state index contributed by atoms with van der Waals surface area (Å²) in [6.45, 7) is 2.92. The van der Waals surface area contributed by atoms with Gasteiger partial charge in [0.25, 0.3) is 0 Å². The molecule has 2 N–H and O–H groups in total. The third-order valence-electron chi connectivity index (χ3n) is 4.30. The first-order valence-corrected chi connectivity index (χ1v) is 8.53. The molecule has 0 aliphatic heterocycles. The zero-order chi connectivity index (χ0) is 18.2. The molecule has 5 nitrogen and oxygen atoms in total. The predicted molar refractivity (Wildman–Crippen MR) is 103 cm³/mol. The number of anilines is 2. The maximum atomic E-state index is 9.04. The predicted octanol–water partition coefficient (Wildman–Crippen LogP) is 3.70. The molecule has 0 fully saturated rings. The van der Waals surface area contributed by atoms with E-state index in [0.29, 0.717) is 6.54 Å². The number of nitrogens with one attached hydrogen (secondary N) is 1. The minimum atomic E-state index is 0.147. The maximum absolute atomic E-state index is 9.04. The molecule has 136 valence electrons. The minimum absolute atomic E-state index is 0.147. The highest BCUT2D eigenvalue weighted by molar-refractivity contribution is 5.56. The van der Waals surface area contributed by atoms with E-state index >= 15 is 0 Å². The van der Waals surface area contributed by atoms with Crippen LogP contribution >= 0.6 is 0 Å². The third kappa shape index (κ3) is 4.79. The summed E-state index contributed by atoms with van der Waals surface area (Å²) in [5, 5.41) is 12.6. The Labute approximate surface area is 150 Å². The van der Waals surface area contributed by atoms with E-state index in [2.05, 4.69) is 42.6 Å². The lowest BCUT2D eigenvalue weighted by Gasteiger charge is -2.22. The lowest BCUT2D eigenvalue weighted by atomic mass is 10.0. The van der Waals surface area contributed by atoms with Crippen LogP contribution in [0.3, 0.4) is 0 Å². The summed E-state index contributed by atoms with van der Waals surface area (Å²) < 4.78 is 10.7. The van der Waals surface area contributed by atoms with E-state index in [4.69, 9.17) is 14.6 Å². The van der Waals surface area contributed by atoms with Crippen molar-refractivity contribution in [1.82, 2.24) is 0 Å². The molecule has 2 rings (SSSR count). The van der Waals surface area contributed by atoms with Crippen molar-refractivity contribution >= 4 is 11.4 Å². The van der Waals surface area contributed by atoms with Gasteiger partial charge in [-0.05, 0) is 48.4 Å². The SMILES string of the molecule is CCC(Nc1ccc(N(C)CCO)cc1)c1ccc(OC)c(OC)c1. The molecule has 0 saturated heterocycles. The number of rotatable bonds is 9. The maximum Gasteiger partial charge on any atom is 0.161 e. The number of hydrogen-bond acceptors (Lipinski definition) is 5. The van der Waals surface area contributed by atoms with Gasteiger partial charge in [-0.1, -0.05) is 13.0 Å². The smallest absolute Gasteiger partial charge is 0.161 e. The fraction of sp³-hybridized carbons (Fsp3) is 0.400. The van der Waals surface area contributed by atoms with Crippen molar-refractivity contribution in [2.45, 2.75) is 19.4 Å². The second-order valence-corrected chi connectivity index (χ2v) is 5.91. The van der Waals surface area contributed by atoms with E-state index in [0.717, 1.165) is 34.9 Å². The molecule has 0 heterocycles. The fourth-order valence-corrected chi connectivity index (χ4v) is 2.78. The van der Waals surface area contributed by atoms with Crippen LogP contribution in [0.2, 0.25) is 0 Å². The summed E-state index contributed by atoms with van der Waals surface area (Å²) in [5.41, 5.74) is 3.29. The molecule has 25 heavy (non-hydrogen) atoms. The Morgan fingerprint density at radius 1 is 1.04 bits per heavy atom. The summed E-state index contributed by atoms with van der Waals surface area (Å²) in [6, 6.07) is 14.4. The van der Waals surface area contributed by atoms with Crippen LogP contribution in [-0.4, -0.2) is 39.5 Å². The number of likely N-dealkylation sites (N-methyl/N-ethyl adjacent to an activating group) is 1. The molecule has 2 aromatic rings. The lowest BCUT2D eigenvalue weighted by Crippen LogP contribution is -2.21. The molecule has 5 heteroatoms. The van der Waals surface area contributed by atoms with E-state index in [1.807, 2.05) is 24.1 Å². The van der Waals surface area contributed by atoms with Crippen molar-refractivity contribution in [2.75, 3.05) is 44.6 Å². The highest BCUT2D eigenvalue weighted by Crippen LogP contribution is 2.32. The van der Waals surface area contributed by atoms with Crippen LogP contribution in [0, 0.1) is 0 Å². The van der Waals surface area contributed by atoms with Gasteiger partial charge in [0, 0.05) is 25.0 Å². The summed E-state index contributed by atoms with van der Waals surface area (Å²) >= 11 is 0. The van der Waals surface area contributed by atoms with Gasteiger partial charge in [0.05, 0.1) is 26.9 Å².